The molecule has 0 spiro atoms. The molecule has 2 saturated carbocycles. The van der Waals surface area contributed by atoms with E-state index in [1.807, 2.05) is 6.33 Å². The van der Waals surface area contributed by atoms with Crippen LogP contribution < -0.4 is 10.2 Å². The third-order valence-electron chi connectivity index (χ3n) is 7.56. The molecular formula is C24H27F3N8O. The van der Waals surface area contributed by atoms with Gasteiger partial charge in [0.05, 0.1) is 24.6 Å². The van der Waals surface area contributed by atoms with Crippen molar-refractivity contribution in [3.05, 3.63) is 42.7 Å². The summed E-state index contributed by atoms with van der Waals surface area (Å²) in [6.45, 7) is 1.30. The molecule has 1 amide bonds. The molecule has 190 valence electrons. The van der Waals surface area contributed by atoms with Crippen LogP contribution in [0.3, 0.4) is 0 Å². The number of rotatable bonds is 5. The zero-order valence-corrected chi connectivity index (χ0v) is 19.8. The van der Waals surface area contributed by atoms with Gasteiger partial charge in [-0.25, -0.2) is 9.97 Å². The van der Waals surface area contributed by atoms with Crippen LogP contribution in [0.2, 0.25) is 0 Å². The van der Waals surface area contributed by atoms with Gasteiger partial charge in [0, 0.05) is 24.2 Å². The predicted molar refractivity (Wildman–Crippen MR) is 124 cm³/mol. The van der Waals surface area contributed by atoms with Gasteiger partial charge >= 0.3 is 6.18 Å². The van der Waals surface area contributed by atoms with Gasteiger partial charge in [0.15, 0.2) is 5.82 Å². The van der Waals surface area contributed by atoms with E-state index in [0.29, 0.717) is 30.7 Å². The van der Waals surface area contributed by atoms with E-state index in [9.17, 15) is 18.0 Å². The fourth-order valence-corrected chi connectivity index (χ4v) is 5.56. The number of pyridine rings is 1. The highest BCUT2D eigenvalue weighted by Gasteiger charge is 2.44. The predicted octanol–water partition coefficient (Wildman–Crippen LogP) is 3.53. The van der Waals surface area contributed by atoms with E-state index in [0.717, 1.165) is 23.0 Å². The molecule has 0 aromatic carbocycles. The Morgan fingerprint density at radius 2 is 2.00 bits per heavy atom. The second-order valence-electron chi connectivity index (χ2n) is 10.2. The molecule has 12 heteroatoms. The summed E-state index contributed by atoms with van der Waals surface area (Å²) >= 11 is 0. The van der Waals surface area contributed by atoms with Crippen LogP contribution in [0.25, 0.3) is 11.5 Å². The lowest BCUT2D eigenvalue weighted by atomic mass is 9.74. The molecule has 3 aromatic heterocycles. The van der Waals surface area contributed by atoms with Gasteiger partial charge in [0.25, 0.3) is 0 Å². The van der Waals surface area contributed by atoms with Crippen molar-refractivity contribution in [2.24, 2.45) is 11.8 Å². The molecule has 1 aliphatic heterocycles. The quantitative estimate of drug-likeness (QED) is 0.576. The zero-order chi connectivity index (χ0) is 25.0. The van der Waals surface area contributed by atoms with Crippen LogP contribution in [-0.2, 0) is 11.3 Å². The Hall–Kier alpha value is -3.28. The number of amides is 1. The molecule has 1 N–H and O–H groups in total. The van der Waals surface area contributed by atoms with Crippen molar-refractivity contribution >= 4 is 11.7 Å². The first-order valence-corrected chi connectivity index (χ1v) is 12.3. The first-order chi connectivity index (χ1) is 17.3. The number of carbonyl (C=O) groups is 1. The summed E-state index contributed by atoms with van der Waals surface area (Å²) in [7, 11) is 0. The Kier molecular flexibility index (Phi) is 5.58. The molecule has 1 saturated heterocycles. The molecule has 36 heavy (non-hydrogen) atoms. The zero-order valence-electron chi connectivity index (χ0n) is 19.8. The van der Waals surface area contributed by atoms with Gasteiger partial charge in [-0.15, -0.1) is 10.2 Å². The van der Waals surface area contributed by atoms with Crippen LogP contribution in [0.4, 0.5) is 19.0 Å². The highest BCUT2D eigenvalue weighted by molar-refractivity contribution is 5.95. The molecule has 0 bridgehead atoms. The number of hydrogen-bond acceptors (Lipinski definition) is 6. The number of nitrogens with one attached hydrogen (secondary N) is 1. The minimum atomic E-state index is -4.42. The first kappa shape index (κ1) is 23.1. The molecule has 9 nitrogen and oxygen atoms in total. The van der Waals surface area contributed by atoms with Crippen molar-refractivity contribution in [2.75, 3.05) is 11.6 Å². The molecule has 4 heterocycles. The van der Waals surface area contributed by atoms with Crippen molar-refractivity contribution in [1.29, 1.82) is 0 Å². The Morgan fingerprint density at radius 1 is 1.17 bits per heavy atom. The summed E-state index contributed by atoms with van der Waals surface area (Å²) in [6.07, 6.45) is 4.60. The Labute approximate surface area is 205 Å². The fraction of sp³-hybridized carbons (Fsp3) is 0.542. The highest BCUT2D eigenvalue weighted by atomic mass is 19.4. The Bertz CT molecular complexity index is 1270. The van der Waals surface area contributed by atoms with Gasteiger partial charge in [-0.1, -0.05) is 13.0 Å². The summed E-state index contributed by atoms with van der Waals surface area (Å²) in [5, 5.41) is 11.0. The largest absolute Gasteiger partial charge is 0.406 e. The van der Waals surface area contributed by atoms with E-state index >= 15 is 0 Å². The molecule has 3 aliphatic rings. The molecule has 6 rings (SSSR count). The monoisotopic (exact) mass is 500 g/mol. The normalized spacial score (nSPS) is 26.8. The van der Waals surface area contributed by atoms with E-state index in [2.05, 4.69) is 43.2 Å². The average molecular weight is 501 g/mol. The van der Waals surface area contributed by atoms with Crippen LogP contribution in [0, 0.1) is 11.8 Å². The summed E-state index contributed by atoms with van der Waals surface area (Å²) < 4.78 is 42.0. The Balaban J connectivity index is 1.23. The topological polar surface area (TPSA) is 93.8 Å². The lowest BCUT2D eigenvalue weighted by Crippen LogP contribution is -2.60. The van der Waals surface area contributed by atoms with Crippen LogP contribution in [0.5, 0.6) is 0 Å². The number of fused-ring (bicyclic) bond motifs is 1. The molecule has 3 fully saturated rings. The summed E-state index contributed by atoms with van der Waals surface area (Å²) in [5.41, 5.74) is 1.36. The third kappa shape index (κ3) is 4.38. The van der Waals surface area contributed by atoms with Gasteiger partial charge < -0.3 is 9.13 Å². The van der Waals surface area contributed by atoms with E-state index in [1.54, 1.807) is 23.1 Å². The molecule has 2 aliphatic carbocycles. The summed E-state index contributed by atoms with van der Waals surface area (Å²) in [6, 6.07) is 5.18. The maximum atomic E-state index is 13.7. The Morgan fingerprint density at radius 3 is 2.78 bits per heavy atom. The van der Waals surface area contributed by atoms with Crippen molar-refractivity contribution < 1.29 is 18.0 Å². The SMILES string of the molecule is CC1CC2NCN(c3cccc(-c4nncn4CC(F)(F)F)n3)C(=O)C2CC1n1cnc(C2CC2)c1. The van der Waals surface area contributed by atoms with E-state index in [4.69, 9.17) is 0 Å². The van der Waals surface area contributed by atoms with Crippen molar-refractivity contribution in [1.82, 2.24) is 34.6 Å². The van der Waals surface area contributed by atoms with Gasteiger partial charge in [-0.3, -0.25) is 15.0 Å². The summed E-state index contributed by atoms with van der Waals surface area (Å²) in [4.78, 5) is 24.3. The maximum absolute atomic E-state index is 13.7. The van der Waals surface area contributed by atoms with Gasteiger partial charge in [-0.05, 0) is 43.7 Å². The van der Waals surface area contributed by atoms with Crippen molar-refractivity contribution in [3.63, 3.8) is 0 Å². The average Bonchev–Trinajstić information content (AvgIpc) is 3.39. The number of nitrogens with zero attached hydrogens (tertiary/aromatic N) is 7. The molecular weight excluding hydrogens is 473 g/mol. The number of alkyl halides is 3. The third-order valence-corrected chi connectivity index (χ3v) is 7.56. The van der Waals surface area contributed by atoms with Gasteiger partial charge in [-0.2, -0.15) is 13.2 Å². The first-order valence-electron chi connectivity index (χ1n) is 12.3. The van der Waals surface area contributed by atoms with Crippen LogP contribution in [0.15, 0.2) is 37.1 Å². The minimum Gasteiger partial charge on any atom is -0.334 e. The second kappa shape index (κ2) is 8.68. The highest BCUT2D eigenvalue weighted by Crippen LogP contribution is 2.43. The van der Waals surface area contributed by atoms with Crippen LogP contribution >= 0.6 is 0 Å². The number of imidazole rings is 1. The van der Waals surface area contributed by atoms with Crippen LogP contribution in [0.1, 0.15) is 50.3 Å². The molecule has 3 aromatic rings. The number of hydrogen-bond donors (Lipinski definition) is 1. The standard InChI is InChI=1S/C24H27F3N8O/c1-14-7-18-16(8-20(14)33-9-19(28-11-33)15-5-6-15)23(36)35(12-29-18)21-4-2-3-17(31-21)22-32-30-13-34(22)10-24(25,26)27/h2-4,9,11,13-16,18,20,29H,5-8,10,12H2,1H3. The fourth-order valence-electron chi connectivity index (χ4n) is 5.56. The lowest BCUT2D eigenvalue weighted by Gasteiger charge is -2.45. The van der Waals surface area contributed by atoms with Crippen molar-refractivity contribution in [2.45, 2.75) is 63.3 Å². The maximum Gasteiger partial charge on any atom is 0.406 e. The van der Waals surface area contributed by atoms with Crippen LogP contribution in [-0.4, -0.2) is 54.1 Å². The smallest absolute Gasteiger partial charge is 0.334 e. The van der Waals surface area contributed by atoms with E-state index < -0.39 is 12.7 Å². The van der Waals surface area contributed by atoms with E-state index in [1.165, 1.54) is 12.8 Å². The lowest BCUT2D eigenvalue weighted by molar-refractivity contribution is -0.140. The van der Waals surface area contributed by atoms with E-state index in [-0.39, 0.29) is 35.4 Å². The molecule has 4 atom stereocenters. The number of carbonyl (C=O) groups excluding carboxylic acids is 1. The van der Waals surface area contributed by atoms with Gasteiger partial charge in [0.2, 0.25) is 5.91 Å². The number of aromatic nitrogens is 6. The van der Waals surface area contributed by atoms with Crippen molar-refractivity contribution in [3.8, 4) is 11.5 Å². The molecule has 0 radical (unpaired) electrons. The second-order valence-corrected chi connectivity index (χ2v) is 10.2. The van der Waals surface area contributed by atoms with Gasteiger partial charge in [0.1, 0.15) is 24.4 Å². The summed E-state index contributed by atoms with van der Waals surface area (Å²) in [5.74, 6) is 1.08. The number of halogens is 3. The molecule has 4 unspecified atom stereocenters. The number of anilines is 1. The minimum absolute atomic E-state index is 0.00241.